The number of fused-ring (bicyclic) bond motifs is 1. The minimum absolute atomic E-state index is 0.193. The fraction of sp³-hybridized carbons (Fsp3) is 0.174. The average molecular weight is 404 g/mol. The lowest BCUT2D eigenvalue weighted by Crippen LogP contribution is -2.28. The average Bonchev–Trinajstić information content (AvgIpc) is 3.17. The summed E-state index contributed by atoms with van der Waals surface area (Å²) in [7, 11) is 1.71. The Bertz CT molecular complexity index is 1240. The summed E-state index contributed by atoms with van der Waals surface area (Å²) in [6, 6.07) is 17.1. The summed E-state index contributed by atoms with van der Waals surface area (Å²) >= 11 is 1.64. The van der Waals surface area contributed by atoms with Gasteiger partial charge in [0, 0.05) is 36.0 Å². The molecule has 0 saturated heterocycles. The Morgan fingerprint density at radius 3 is 2.62 bits per heavy atom. The van der Waals surface area contributed by atoms with Crippen LogP contribution in [-0.4, -0.2) is 22.0 Å². The van der Waals surface area contributed by atoms with E-state index in [0.717, 1.165) is 32.7 Å². The van der Waals surface area contributed by atoms with Crippen LogP contribution in [0, 0.1) is 6.92 Å². The first-order valence-corrected chi connectivity index (χ1v) is 10.3. The van der Waals surface area contributed by atoms with Gasteiger partial charge in [-0.3, -0.25) is 9.59 Å². The zero-order chi connectivity index (χ0) is 20.4. The minimum Gasteiger partial charge on any atom is -0.352 e. The lowest BCUT2D eigenvalue weighted by molar-refractivity contribution is 0.0955. The third kappa shape index (κ3) is 3.98. The Labute approximate surface area is 172 Å². The second-order valence-electron chi connectivity index (χ2n) is 6.93. The van der Waals surface area contributed by atoms with Gasteiger partial charge in [0.25, 0.3) is 11.5 Å². The molecule has 0 unspecified atom stereocenters. The van der Waals surface area contributed by atoms with E-state index in [-0.39, 0.29) is 11.5 Å². The van der Waals surface area contributed by atoms with Gasteiger partial charge in [-0.2, -0.15) is 0 Å². The van der Waals surface area contributed by atoms with Crippen molar-refractivity contribution in [3.8, 4) is 11.3 Å². The van der Waals surface area contributed by atoms with Crippen LogP contribution in [0.4, 0.5) is 0 Å². The minimum atomic E-state index is -0.228. The molecule has 0 saturated carbocycles. The van der Waals surface area contributed by atoms with Gasteiger partial charge in [-0.1, -0.05) is 42.5 Å². The number of rotatable bonds is 5. The summed E-state index contributed by atoms with van der Waals surface area (Å²) in [5, 5.41) is 6.82. The van der Waals surface area contributed by atoms with E-state index in [9.17, 15) is 9.59 Å². The Hall–Kier alpha value is -3.25. The van der Waals surface area contributed by atoms with E-state index in [1.165, 1.54) is 6.07 Å². The second kappa shape index (κ2) is 8.01. The third-order valence-corrected chi connectivity index (χ3v) is 5.74. The molecule has 1 amide bonds. The van der Waals surface area contributed by atoms with Crippen molar-refractivity contribution in [1.29, 1.82) is 0 Å². The van der Waals surface area contributed by atoms with Gasteiger partial charge in [0.1, 0.15) is 0 Å². The molecule has 0 fully saturated rings. The summed E-state index contributed by atoms with van der Waals surface area (Å²) in [6.07, 6.45) is 0.713. The molecule has 2 heterocycles. The number of thiazole rings is 1. The molecule has 4 rings (SSSR count). The Morgan fingerprint density at radius 1 is 1.14 bits per heavy atom. The van der Waals surface area contributed by atoms with E-state index in [2.05, 4.69) is 39.9 Å². The molecule has 4 aromatic rings. The number of hydrogen-bond acceptors (Lipinski definition) is 4. The molecular formula is C23H21N3O2S. The fourth-order valence-corrected chi connectivity index (χ4v) is 3.97. The first-order valence-electron chi connectivity index (χ1n) is 9.41. The maximum Gasteiger partial charge on any atom is 0.252 e. The summed E-state index contributed by atoms with van der Waals surface area (Å²) in [5.74, 6) is -0.228. The molecule has 1 N–H and O–H groups in total. The fourth-order valence-electron chi connectivity index (χ4n) is 3.35. The number of nitrogens with zero attached hydrogens (tertiary/aromatic N) is 2. The molecule has 6 heteroatoms. The molecule has 2 aromatic carbocycles. The second-order valence-corrected chi connectivity index (χ2v) is 7.99. The van der Waals surface area contributed by atoms with Gasteiger partial charge in [0.05, 0.1) is 21.8 Å². The summed E-state index contributed by atoms with van der Waals surface area (Å²) < 4.78 is 1.55. The van der Waals surface area contributed by atoms with Crippen molar-refractivity contribution >= 4 is 28.1 Å². The molecule has 2 aromatic heterocycles. The molecule has 0 radical (unpaired) electrons. The van der Waals surface area contributed by atoms with E-state index in [1.54, 1.807) is 23.0 Å². The van der Waals surface area contributed by atoms with Crippen LogP contribution in [0.3, 0.4) is 0 Å². The Balaban J connectivity index is 1.44. The van der Waals surface area contributed by atoms with Crippen LogP contribution in [0.1, 0.15) is 20.9 Å². The van der Waals surface area contributed by atoms with Gasteiger partial charge < -0.3 is 9.88 Å². The SMILES string of the molecule is Cc1nc(-c2ccc(CCNC(=O)c3cc(=O)n(C)c4ccccc34)cc2)cs1. The normalized spacial score (nSPS) is 11.0. The lowest BCUT2D eigenvalue weighted by atomic mass is 10.1. The van der Waals surface area contributed by atoms with Gasteiger partial charge in [-0.05, 0) is 25.0 Å². The number of pyridine rings is 1. The van der Waals surface area contributed by atoms with Crippen molar-refractivity contribution in [3.63, 3.8) is 0 Å². The monoisotopic (exact) mass is 403 g/mol. The molecule has 29 heavy (non-hydrogen) atoms. The van der Waals surface area contributed by atoms with Crippen molar-refractivity contribution in [1.82, 2.24) is 14.9 Å². The zero-order valence-electron chi connectivity index (χ0n) is 16.3. The van der Waals surface area contributed by atoms with Gasteiger partial charge in [-0.25, -0.2) is 4.98 Å². The molecule has 0 aliphatic heterocycles. The van der Waals surface area contributed by atoms with Crippen LogP contribution in [0.5, 0.6) is 0 Å². The van der Waals surface area contributed by atoms with Crippen molar-refractivity contribution in [2.45, 2.75) is 13.3 Å². The molecule has 5 nitrogen and oxygen atoms in total. The number of aromatic nitrogens is 2. The zero-order valence-corrected chi connectivity index (χ0v) is 17.1. The number of aryl methyl sites for hydroxylation is 2. The third-order valence-electron chi connectivity index (χ3n) is 4.97. The quantitative estimate of drug-likeness (QED) is 0.549. The number of carbonyl (C=O) groups excluding carboxylic acids is 1. The lowest BCUT2D eigenvalue weighted by Gasteiger charge is -2.10. The van der Waals surface area contributed by atoms with Gasteiger partial charge in [-0.15, -0.1) is 11.3 Å². The molecule has 0 aliphatic rings. The Kier molecular flexibility index (Phi) is 5.27. The van der Waals surface area contributed by atoms with Gasteiger partial charge >= 0.3 is 0 Å². The molecule has 146 valence electrons. The van der Waals surface area contributed by atoms with E-state index >= 15 is 0 Å². The molecular weight excluding hydrogens is 382 g/mol. The predicted molar refractivity (Wildman–Crippen MR) is 118 cm³/mol. The highest BCUT2D eigenvalue weighted by Crippen LogP contribution is 2.22. The first-order chi connectivity index (χ1) is 14.0. The number of para-hydroxylation sites is 1. The van der Waals surface area contributed by atoms with Crippen molar-refractivity contribution in [2.75, 3.05) is 6.54 Å². The largest absolute Gasteiger partial charge is 0.352 e. The highest BCUT2D eigenvalue weighted by molar-refractivity contribution is 7.09. The smallest absolute Gasteiger partial charge is 0.252 e. The van der Waals surface area contributed by atoms with Crippen molar-refractivity contribution in [2.24, 2.45) is 7.05 Å². The van der Waals surface area contributed by atoms with Crippen LogP contribution < -0.4 is 10.9 Å². The van der Waals surface area contributed by atoms with E-state index < -0.39 is 0 Å². The molecule has 0 bridgehead atoms. The van der Waals surface area contributed by atoms with Crippen LogP contribution in [-0.2, 0) is 13.5 Å². The number of hydrogen-bond donors (Lipinski definition) is 1. The van der Waals surface area contributed by atoms with Crippen LogP contribution in [0.25, 0.3) is 22.2 Å². The van der Waals surface area contributed by atoms with E-state index in [1.807, 2.05) is 31.2 Å². The number of nitrogens with one attached hydrogen (secondary N) is 1. The molecule has 0 atom stereocenters. The van der Waals surface area contributed by atoms with Crippen molar-refractivity contribution < 1.29 is 4.79 Å². The molecule has 0 spiro atoms. The van der Waals surface area contributed by atoms with E-state index in [4.69, 9.17) is 0 Å². The van der Waals surface area contributed by atoms with Crippen molar-refractivity contribution in [3.05, 3.63) is 86.5 Å². The number of amides is 1. The summed E-state index contributed by atoms with van der Waals surface area (Å²) in [6.45, 7) is 2.49. The number of benzene rings is 2. The standard InChI is InChI=1S/C23H21N3O2S/c1-15-25-20(14-29-15)17-9-7-16(8-10-17)11-12-24-23(28)19-13-22(27)26(2)21-6-4-3-5-18(19)21/h3-10,13-14H,11-12H2,1-2H3,(H,24,28). The van der Waals surface area contributed by atoms with Gasteiger partial charge in [0.2, 0.25) is 0 Å². The van der Waals surface area contributed by atoms with Crippen LogP contribution in [0.15, 0.2) is 64.8 Å². The van der Waals surface area contributed by atoms with Gasteiger partial charge in [0.15, 0.2) is 0 Å². The summed E-state index contributed by atoms with van der Waals surface area (Å²) in [5.41, 5.74) is 4.19. The van der Waals surface area contributed by atoms with Crippen LogP contribution >= 0.6 is 11.3 Å². The highest BCUT2D eigenvalue weighted by atomic mass is 32.1. The topological polar surface area (TPSA) is 64.0 Å². The molecule has 0 aliphatic carbocycles. The number of carbonyl (C=O) groups is 1. The first kappa shape index (κ1) is 19.1. The Morgan fingerprint density at radius 2 is 1.90 bits per heavy atom. The summed E-state index contributed by atoms with van der Waals surface area (Å²) in [4.78, 5) is 29.4. The highest BCUT2D eigenvalue weighted by Gasteiger charge is 2.13. The van der Waals surface area contributed by atoms with Crippen LogP contribution in [0.2, 0.25) is 0 Å². The predicted octanol–water partition coefficient (Wildman–Crippen LogP) is 3.94. The maximum atomic E-state index is 12.7. The van der Waals surface area contributed by atoms with E-state index in [0.29, 0.717) is 18.5 Å². The maximum absolute atomic E-state index is 12.7.